The van der Waals surface area contributed by atoms with Crippen molar-refractivity contribution in [1.29, 1.82) is 0 Å². The molecule has 0 spiro atoms. The van der Waals surface area contributed by atoms with Crippen LogP contribution < -0.4 is 5.56 Å². The van der Waals surface area contributed by atoms with Gasteiger partial charge in [0.15, 0.2) is 5.16 Å². The molecule has 0 amide bonds. The van der Waals surface area contributed by atoms with Gasteiger partial charge in [0.25, 0.3) is 5.56 Å². The molecule has 0 aliphatic heterocycles. The van der Waals surface area contributed by atoms with E-state index in [9.17, 15) is 9.59 Å². The molecule has 134 valence electrons. The number of benzene rings is 2. The van der Waals surface area contributed by atoms with Gasteiger partial charge in [0.1, 0.15) is 0 Å². The lowest BCUT2D eigenvalue weighted by atomic mass is 10.1. The molecule has 0 unspecified atom stereocenters. The third-order valence-electron chi connectivity index (χ3n) is 4.12. The number of carbonyl (C=O) groups is 1. The molecule has 1 aromatic heterocycles. The summed E-state index contributed by atoms with van der Waals surface area (Å²) in [5.74, 6) is -0.227. The molecule has 0 N–H and O–H groups in total. The third-order valence-corrected chi connectivity index (χ3v) is 5.03. The van der Waals surface area contributed by atoms with Crippen molar-refractivity contribution in [3.8, 4) is 5.69 Å². The van der Waals surface area contributed by atoms with Gasteiger partial charge in [0, 0.05) is 0 Å². The predicted octanol–water partition coefficient (Wildman–Crippen LogP) is 3.66. The van der Waals surface area contributed by atoms with E-state index in [-0.39, 0.29) is 17.3 Å². The number of fused-ring (bicyclic) bond motifs is 1. The van der Waals surface area contributed by atoms with Crippen LogP contribution in [0, 0.1) is 13.8 Å². The Morgan fingerprint density at radius 3 is 2.65 bits per heavy atom. The first-order valence-electron chi connectivity index (χ1n) is 8.39. The summed E-state index contributed by atoms with van der Waals surface area (Å²) in [5, 5.41) is 1.02. The van der Waals surface area contributed by atoms with Gasteiger partial charge in [-0.3, -0.25) is 14.2 Å². The minimum atomic E-state index is -0.327. The summed E-state index contributed by atoms with van der Waals surface area (Å²) in [6.07, 6.45) is 0. The molecule has 3 aromatic rings. The Balaban J connectivity index is 2.15. The van der Waals surface area contributed by atoms with Crippen molar-refractivity contribution in [3.63, 3.8) is 0 Å². The fraction of sp³-hybridized carbons (Fsp3) is 0.250. The Morgan fingerprint density at radius 2 is 1.92 bits per heavy atom. The molecule has 26 heavy (non-hydrogen) atoms. The largest absolute Gasteiger partial charge is 0.465 e. The maximum atomic E-state index is 13.1. The highest BCUT2D eigenvalue weighted by Gasteiger charge is 2.15. The van der Waals surface area contributed by atoms with Crippen LogP contribution in [0.4, 0.5) is 0 Å². The molecule has 0 aliphatic rings. The first kappa shape index (κ1) is 18.2. The van der Waals surface area contributed by atoms with Crippen LogP contribution in [0.15, 0.2) is 52.4 Å². The lowest BCUT2D eigenvalue weighted by molar-refractivity contribution is -0.139. The average Bonchev–Trinajstić information content (AvgIpc) is 2.63. The van der Waals surface area contributed by atoms with Crippen LogP contribution in [0.2, 0.25) is 0 Å². The summed E-state index contributed by atoms with van der Waals surface area (Å²) < 4.78 is 6.55. The number of rotatable bonds is 5. The van der Waals surface area contributed by atoms with Gasteiger partial charge >= 0.3 is 5.97 Å². The molecule has 0 saturated heterocycles. The number of aryl methyl sites for hydroxylation is 2. The zero-order chi connectivity index (χ0) is 18.7. The van der Waals surface area contributed by atoms with Gasteiger partial charge in [-0.25, -0.2) is 4.98 Å². The standard InChI is InChI=1S/C20H20N2O3S/c1-4-25-18(23)12-26-20-21-17-8-6-5-7-16(17)19(24)22(20)15-10-9-13(2)14(3)11-15/h5-11H,4,12H2,1-3H3. The smallest absolute Gasteiger partial charge is 0.316 e. The van der Waals surface area contributed by atoms with E-state index in [2.05, 4.69) is 4.98 Å². The van der Waals surface area contributed by atoms with Crippen molar-refractivity contribution >= 4 is 28.6 Å². The number of para-hydroxylation sites is 1. The van der Waals surface area contributed by atoms with Gasteiger partial charge in [0.2, 0.25) is 0 Å². The van der Waals surface area contributed by atoms with Crippen LogP contribution in [-0.4, -0.2) is 27.9 Å². The Labute approximate surface area is 156 Å². The molecular formula is C20H20N2O3S. The van der Waals surface area contributed by atoms with Crippen LogP contribution in [0.3, 0.4) is 0 Å². The molecule has 0 aliphatic carbocycles. The highest BCUT2D eigenvalue weighted by atomic mass is 32.2. The van der Waals surface area contributed by atoms with E-state index < -0.39 is 0 Å². The second kappa shape index (κ2) is 7.74. The maximum Gasteiger partial charge on any atom is 0.316 e. The average molecular weight is 368 g/mol. The lowest BCUT2D eigenvalue weighted by Gasteiger charge is -2.14. The van der Waals surface area contributed by atoms with Crippen molar-refractivity contribution < 1.29 is 9.53 Å². The number of ether oxygens (including phenoxy) is 1. The Morgan fingerprint density at radius 1 is 1.15 bits per heavy atom. The van der Waals surface area contributed by atoms with E-state index in [1.54, 1.807) is 23.6 Å². The molecule has 0 radical (unpaired) electrons. The predicted molar refractivity (Wildman–Crippen MR) is 104 cm³/mol. The first-order valence-corrected chi connectivity index (χ1v) is 9.37. The Kier molecular flexibility index (Phi) is 5.42. The molecule has 3 rings (SSSR count). The van der Waals surface area contributed by atoms with E-state index in [0.29, 0.717) is 22.7 Å². The van der Waals surface area contributed by atoms with Gasteiger partial charge in [-0.05, 0) is 56.2 Å². The molecular weight excluding hydrogens is 348 g/mol. The normalized spacial score (nSPS) is 10.9. The summed E-state index contributed by atoms with van der Waals surface area (Å²) in [6, 6.07) is 13.1. The summed E-state index contributed by atoms with van der Waals surface area (Å²) in [6.45, 7) is 6.12. The van der Waals surface area contributed by atoms with Crippen molar-refractivity contribution in [2.24, 2.45) is 0 Å². The number of aromatic nitrogens is 2. The van der Waals surface area contributed by atoms with Crippen molar-refractivity contribution in [2.75, 3.05) is 12.4 Å². The van der Waals surface area contributed by atoms with Crippen molar-refractivity contribution in [2.45, 2.75) is 25.9 Å². The summed E-state index contributed by atoms with van der Waals surface area (Å²) in [5.41, 5.74) is 3.44. The van der Waals surface area contributed by atoms with E-state index in [0.717, 1.165) is 16.8 Å². The number of carbonyl (C=O) groups excluding carboxylic acids is 1. The summed E-state index contributed by atoms with van der Waals surface area (Å²) in [7, 11) is 0. The number of thioether (sulfide) groups is 1. The van der Waals surface area contributed by atoms with E-state index in [1.807, 2.05) is 44.2 Å². The Hall–Kier alpha value is -2.60. The zero-order valence-corrected chi connectivity index (χ0v) is 15.8. The molecule has 0 fully saturated rings. The molecule has 0 atom stereocenters. The molecule has 2 aromatic carbocycles. The molecule has 0 bridgehead atoms. The third kappa shape index (κ3) is 3.65. The fourth-order valence-corrected chi connectivity index (χ4v) is 3.44. The minimum Gasteiger partial charge on any atom is -0.465 e. The highest BCUT2D eigenvalue weighted by Crippen LogP contribution is 2.22. The zero-order valence-electron chi connectivity index (χ0n) is 15.0. The van der Waals surface area contributed by atoms with E-state index in [1.165, 1.54) is 11.8 Å². The highest BCUT2D eigenvalue weighted by molar-refractivity contribution is 7.99. The van der Waals surface area contributed by atoms with Crippen LogP contribution >= 0.6 is 11.8 Å². The molecule has 5 nitrogen and oxygen atoms in total. The van der Waals surface area contributed by atoms with Gasteiger partial charge in [0.05, 0.1) is 29.0 Å². The fourth-order valence-electron chi connectivity index (χ4n) is 2.63. The van der Waals surface area contributed by atoms with Gasteiger partial charge in [-0.1, -0.05) is 30.0 Å². The lowest BCUT2D eigenvalue weighted by Crippen LogP contribution is -2.22. The second-order valence-corrected chi connectivity index (χ2v) is 6.86. The monoisotopic (exact) mass is 368 g/mol. The van der Waals surface area contributed by atoms with E-state index >= 15 is 0 Å². The van der Waals surface area contributed by atoms with Gasteiger partial charge < -0.3 is 4.74 Å². The van der Waals surface area contributed by atoms with Crippen LogP contribution in [0.25, 0.3) is 16.6 Å². The molecule has 1 heterocycles. The topological polar surface area (TPSA) is 61.2 Å². The molecule has 0 saturated carbocycles. The second-order valence-electron chi connectivity index (χ2n) is 5.91. The van der Waals surface area contributed by atoms with Crippen molar-refractivity contribution in [1.82, 2.24) is 9.55 Å². The van der Waals surface area contributed by atoms with Crippen LogP contribution in [0.1, 0.15) is 18.1 Å². The maximum absolute atomic E-state index is 13.1. The van der Waals surface area contributed by atoms with Crippen molar-refractivity contribution in [3.05, 3.63) is 63.9 Å². The van der Waals surface area contributed by atoms with E-state index in [4.69, 9.17) is 4.74 Å². The van der Waals surface area contributed by atoms with Crippen LogP contribution in [-0.2, 0) is 9.53 Å². The summed E-state index contributed by atoms with van der Waals surface area (Å²) >= 11 is 1.21. The number of hydrogen-bond acceptors (Lipinski definition) is 5. The molecule has 6 heteroatoms. The first-order chi connectivity index (χ1) is 12.5. The van der Waals surface area contributed by atoms with Gasteiger partial charge in [-0.2, -0.15) is 0 Å². The van der Waals surface area contributed by atoms with Gasteiger partial charge in [-0.15, -0.1) is 0 Å². The number of hydrogen-bond donors (Lipinski definition) is 0. The van der Waals surface area contributed by atoms with Crippen LogP contribution in [0.5, 0.6) is 0 Å². The SMILES string of the molecule is CCOC(=O)CSc1nc2ccccc2c(=O)n1-c1ccc(C)c(C)c1. The summed E-state index contributed by atoms with van der Waals surface area (Å²) in [4.78, 5) is 29.5. The minimum absolute atomic E-state index is 0.101. The number of esters is 1. The quantitative estimate of drug-likeness (QED) is 0.391. The number of nitrogens with zero attached hydrogens (tertiary/aromatic N) is 2. The Bertz CT molecular complexity index is 1030.